The monoisotopic (exact) mass is 270 g/mol. The number of hydrogen-bond acceptors (Lipinski definition) is 4. The molecule has 0 radical (unpaired) electrons. The molecule has 2 heterocycles. The third-order valence-electron chi connectivity index (χ3n) is 4.28. The fourth-order valence-corrected chi connectivity index (χ4v) is 3.11. The zero-order valence-corrected chi connectivity index (χ0v) is 12.3. The summed E-state index contributed by atoms with van der Waals surface area (Å²) in [7, 11) is 0. The number of rotatable bonds is 4. The van der Waals surface area contributed by atoms with Crippen molar-refractivity contribution in [3.8, 4) is 6.07 Å². The summed E-state index contributed by atoms with van der Waals surface area (Å²) < 4.78 is 0. The van der Waals surface area contributed by atoms with Crippen molar-refractivity contribution in [3.05, 3.63) is 22.9 Å². The molecule has 1 N–H and O–H groups in total. The maximum atomic E-state index is 9.47. The van der Waals surface area contributed by atoms with Crippen LogP contribution >= 0.6 is 0 Å². The van der Waals surface area contributed by atoms with Crippen molar-refractivity contribution in [2.45, 2.75) is 51.6 Å². The highest BCUT2D eigenvalue weighted by Gasteiger charge is 2.33. The standard InChI is InChI=1S/C16H22N4/c1-11-8-12(2)19-16(15(11)9-17)20(14-5-6-14)10-13-4-3-7-18-13/h8,13-14,18H,3-7,10H2,1-2H3. The predicted molar refractivity (Wildman–Crippen MR) is 79.8 cm³/mol. The summed E-state index contributed by atoms with van der Waals surface area (Å²) in [6.07, 6.45) is 4.95. The second-order valence-corrected chi connectivity index (χ2v) is 6.07. The van der Waals surface area contributed by atoms with Gasteiger partial charge < -0.3 is 10.2 Å². The third kappa shape index (κ3) is 2.64. The lowest BCUT2D eigenvalue weighted by Gasteiger charge is -2.28. The maximum absolute atomic E-state index is 9.47. The van der Waals surface area contributed by atoms with Gasteiger partial charge in [0.05, 0.1) is 5.56 Å². The number of aryl methyl sites for hydroxylation is 2. The van der Waals surface area contributed by atoms with Crippen LogP contribution in [0.2, 0.25) is 0 Å². The van der Waals surface area contributed by atoms with Crippen molar-refractivity contribution in [1.82, 2.24) is 10.3 Å². The fourth-order valence-electron chi connectivity index (χ4n) is 3.11. The molecule has 0 bridgehead atoms. The second kappa shape index (κ2) is 5.41. The van der Waals surface area contributed by atoms with Crippen LogP contribution in [-0.4, -0.2) is 30.2 Å². The molecule has 1 aromatic rings. The molecule has 2 fully saturated rings. The molecule has 1 unspecified atom stereocenters. The van der Waals surface area contributed by atoms with Gasteiger partial charge >= 0.3 is 0 Å². The van der Waals surface area contributed by atoms with Crippen molar-refractivity contribution < 1.29 is 0 Å². The van der Waals surface area contributed by atoms with Crippen molar-refractivity contribution in [1.29, 1.82) is 5.26 Å². The van der Waals surface area contributed by atoms with Crippen LogP contribution in [0, 0.1) is 25.2 Å². The smallest absolute Gasteiger partial charge is 0.147 e. The highest BCUT2D eigenvalue weighted by atomic mass is 15.3. The van der Waals surface area contributed by atoms with Crippen LogP contribution in [0.25, 0.3) is 0 Å². The quantitative estimate of drug-likeness (QED) is 0.912. The number of nitriles is 1. The molecule has 1 aliphatic carbocycles. The highest BCUT2D eigenvalue weighted by molar-refractivity contribution is 5.59. The van der Waals surface area contributed by atoms with E-state index in [0.717, 1.165) is 35.7 Å². The summed E-state index contributed by atoms with van der Waals surface area (Å²) in [6.45, 7) is 6.12. The Hall–Kier alpha value is -1.60. The molecule has 20 heavy (non-hydrogen) atoms. The van der Waals surface area contributed by atoms with Gasteiger partial charge in [-0.15, -0.1) is 0 Å². The van der Waals surface area contributed by atoms with Crippen LogP contribution in [0.1, 0.15) is 42.5 Å². The number of nitrogens with one attached hydrogen (secondary N) is 1. The summed E-state index contributed by atoms with van der Waals surface area (Å²) in [6, 6.07) is 5.48. The summed E-state index contributed by atoms with van der Waals surface area (Å²) in [4.78, 5) is 7.06. The molecule has 4 heteroatoms. The van der Waals surface area contributed by atoms with E-state index in [1.54, 1.807) is 0 Å². The Balaban J connectivity index is 1.92. The number of pyridine rings is 1. The molecule has 1 aliphatic heterocycles. The average molecular weight is 270 g/mol. The number of aromatic nitrogens is 1. The van der Waals surface area contributed by atoms with Crippen LogP contribution in [0.5, 0.6) is 0 Å². The molecule has 1 saturated heterocycles. The SMILES string of the molecule is Cc1cc(C)c(C#N)c(N(CC2CCCN2)C2CC2)n1. The van der Waals surface area contributed by atoms with Gasteiger partial charge in [-0.3, -0.25) is 0 Å². The van der Waals surface area contributed by atoms with Crippen LogP contribution in [0.15, 0.2) is 6.07 Å². The Morgan fingerprint density at radius 1 is 1.40 bits per heavy atom. The van der Waals surface area contributed by atoms with Crippen LogP contribution in [0.3, 0.4) is 0 Å². The van der Waals surface area contributed by atoms with Crippen molar-refractivity contribution in [3.63, 3.8) is 0 Å². The summed E-state index contributed by atoms with van der Waals surface area (Å²) in [5, 5.41) is 13.0. The van der Waals surface area contributed by atoms with E-state index in [-0.39, 0.29) is 0 Å². The molecule has 0 spiro atoms. The largest absolute Gasteiger partial charge is 0.351 e. The zero-order valence-electron chi connectivity index (χ0n) is 12.3. The van der Waals surface area contributed by atoms with Crippen LogP contribution in [0.4, 0.5) is 5.82 Å². The van der Waals surface area contributed by atoms with Gasteiger partial charge in [0.15, 0.2) is 0 Å². The van der Waals surface area contributed by atoms with Crippen molar-refractivity contribution >= 4 is 5.82 Å². The molecule has 1 atom stereocenters. The van der Waals surface area contributed by atoms with E-state index in [2.05, 4.69) is 21.3 Å². The van der Waals surface area contributed by atoms with Gasteiger partial charge in [-0.25, -0.2) is 4.98 Å². The topological polar surface area (TPSA) is 52.0 Å². The van der Waals surface area contributed by atoms with Crippen molar-refractivity contribution in [2.75, 3.05) is 18.0 Å². The first-order chi connectivity index (χ1) is 9.69. The van der Waals surface area contributed by atoms with E-state index in [4.69, 9.17) is 0 Å². The number of anilines is 1. The molecule has 2 aliphatic rings. The Labute approximate surface area is 120 Å². The lowest BCUT2D eigenvalue weighted by Crippen LogP contribution is -2.40. The lowest BCUT2D eigenvalue weighted by molar-refractivity contribution is 0.575. The zero-order chi connectivity index (χ0) is 14.1. The van der Waals surface area contributed by atoms with E-state index in [9.17, 15) is 5.26 Å². The number of hydrogen-bond donors (Lipinski definition) is 1. The summed E-state index contributed by atoms with van der Waals surface area (Å²) in [5.74, 6) is 0.904. The van der Waals surface area contributed by atoms with Gasteiger partial charge in [0.25, 0.3) is 0 Å². The Bertz CT molecular complexity index is 536. The lowest BCUT2D eigenvalue weighted by atomic mass is 10.1. The minimum absolute atomic E-state index is 0.546. The normalized spacial score (nSPS) is 21.8. The van der Waals surface area contributed by atoms with Gasteiger partial charge in [0.2, 0.25) is 0 Å². The molecule has 3 rings (SSSR count). The maximum Gasteiger partial charge on any atom is 0.147 e. The summed E-state index contributed by atoms with van der Waals surface area (Å²) in [5.41, 5.74) is 2.79. The Kier molecular flexibility index (Phi) is 3.62. The molecular formula is C16H22N4. The molecule has 1 saturated carbocycles. The average Bonchev–Trinajstić information content (AvgIpc) is 3.12. The second-order valence-electron chi connectivity index (χ2n) is 6.07. The minimum atomic E-state index is 0.546. The van der Waals surface area contributed by atoms with Crippen LogP contribution in [-0.2, 0) is 0 Å². The first kappa shape index (κ1) is 13.4. The van der Waals surface area contributed by atoms with Crippen molar-refractivity contribution in [2.24, 2.45) is 0 Å². The van der Waals surface area contributed by atoms with Gasteiger partial charge in [-0.1, -0.05) is 0 Å². The fraction of sp³-hybridized carbons (Fsp3) is 0.625. The molecule has 1 aromatic heterocycles. The minimum Gasteiger partial charge on any atom is -0.351 e. The molecular weight excluding hydrogens is 248 g/mol. The van der Waals surface area contributed by atoms with E-state index in [1.807, 2.05) is 19.9 Å². The molecule has 0 amide bonds. The van der Waals surface area contributed by atoms with E-state index in [1.165, 1.54) is 25.7 Å². The Morgan fingerprint density at radius 3 is 2.80 bits per heavy atom. The van der Waals surface area contributed by atoms with Crippen LogP contribution < -0.4 is 10.2 Å². The molecule has 4 nitrogen and oxygen atoms in total. The number of nitrogens with zero attached hydrogens (tertiary/aromatic N) is 3. The molecule has 106 valence electrons. The first-order valence-corrected chi connectivity index (χ1v) is 7.57. The predicted octanol–water partition coefficient (Wildman–Crippen LogP) is 2.29. The highest BCUT2D eigenvalue weighted by Crippen LogP contribution is 2.34. The molecule has 0 aromatic carbocycles. The Morgan fingerprint density at radius 2 is 2.20 bits per heavy atom. The van der Waals surface area contributed by atoms with E-state index >= 15 is 0 Å². The van der Waals surface area contributed by atoms with Gasteiger partial charge in [0.1, 0.15) is 11.9 Å². The van der Waals surface area contributed by atoms with Gasteiger partial charge in [0, 0.05) is 24.3 Å². The van der Waals surface area contributed by atoms with Gasteiger partial charge in [-0.2, -0.15) is 5.26 Å². The van der Waals surface area contributed by atoms with Gasteiger partial charge in [-0.05, 0) is 57.7 Å². The first-order valence-electron chi connectivity index (χ1n) is 7.57. The third-order valence-corrected chi connectivity index (χ3v) is 4.28. The van der Waals surface area contributed by atoms with E-state index in [0.29, 0.717) is 12.1 Å². The van der Waals surface area contributed by atoms with E-state index < -0.39 is 0 Å². The summed E-state index contributed by atoms with van der Waals surface area (Å²) >= 11 is 0.